The summed E-state index contributed by atoms with van der Waals surface area (Å²) in [5.74, 6) is -0.791. The van der Waals surface area contributed by atoms with E-state index in [4.69, 9.17) is 10.00 Å². The van der Waals surface area contributed by atoms with Gasteiger partial charge in [-0.1, -0.05) is 35.9 Å². The van der Waals surface area contributed by atoms with E-state index in [2.05, 4.69) is 5.32 Å². The molecule has 0 saturated carbocycles. The molecule has 2 rings (SSSR count). The fraction of sp³-hybridized carbons (Fsp3) is 0.250. The summed E-state index contributed by atoms with van der Waals surface area (Å²) >= 11 is 1.28. The summed E-state index contributed by atoms with van der Waals surface area (Å²) in [7, 11) is 0. The molecule has 1 N–H and O–H groups in total. The van der Waals surface area contributed by atoms with Crippen molar-refractivity contribution in [1.82, 2.24) is 0 Å². The molecule has 0 atom stereocenters. The first-order chi connectivity index (χ1) is 12.5. The van der Waals surface area contributed by atoms with Gasteiger partial charge in [-0.05, 0) is 25.8 Å². The number of hydrogen-bond acceptors (Lipinski definition) is 5. The van der Waals surface area contributed by atoms with Gasteiger partial charge in [-0.25, -0.2) is 4.79 Å². The largest absolute Gasteiger partial charge is 0.462 e. The maximum absolute atomic E-state index is 12.6. The quantitative estimate of drug-likeness (QED) is 0.433. The van der Waals surface area contributed by atoms with Crippen molar-refractivity contribution in [3.8, 4) is 17.2 Å². The number of ether oxygens (including phenoxy) is 1. The average Bonchev–Trinajstić information content (AvgIpc) is 3.02. The number of anilines is 1. The van der Waals surface area contributed by atoms with Gasteiger partial charge in [0.05, 0.1) is 12.7 Å². The summed E-state index contributed by atoms with van der Waals surface area (Å²) in [4.78, 5) is 24.7. The predicted octanol–water partition coefficient (Wildman–Crippen LogP) is 4.78. The lowest BCUT2D eigenvalue weighted by molar-refractivity contribution is -0.111. The average molecular weight is 368 g/mol. The molecule has 1 aromatic heterocycles. The number of nitrogens with one attached hydrogen (secondary N) is 1. The number of thiophene rings is 1. The van der Waals surface area contributed by atoms with Crippen LogP contribution in [0.4, 0.5) is 5.00 Å². The lowest BCUT2D eigenvalue weighted by atomic mass is 10.0. The lowest BCUT2D eigenvalue weighted by Crippen LogP contribution is -2.13. The van der Waals surface area contributed by atoms with Crippen LogP contribution in [0.5, 0.6) is 0 Å². The van der Waals surface area contributed by atoms with Crippen LogP contribution in [0.15, 0.2) is 47.4 Å². The van der Waals surface area contributed by atoms with Crippen molar-refractivity contribution in [2.45, 2.75) is 26.7 Å². The number of unbranched alkanes of at least 4 members (excludes halogenated alkanes) is 1. The number of amides is 1. The van der Waals surface area contributed by atoms with Gasteiger partial charge in [-0.2, -0.15) is 5.26 Å². The third-order valence-electron chi connectivity index (χ3n) is 3.40. The van der Waals surface area contributed by atoms with Crippen molar-refractivity contribution in [1.29, 1.82) is 5.26 Å². The summed E-state index contributed by atoms with van der Waals surface area (Å²) in [6.45, 7) is 3.82. The van der Waals surface area contributed by atoms with E-state index in [1.54, 1.807) is 0 Å². The van der Waals surface area contributed by atoms with Gasteiger partial charge in [-0.3, -0.25) is 4.79 Å². The maximum atomic E-state index is 12.6. The number of esters is 1. The molecule has 0 aliphatic heterocycles. The van der Waals surface area contributed by atoms with Crippen LogP contribution in [0.25, 0.3) is 11.1 Å². The van der Waals surface area contributed by atoms with Crippen molar-refractivity contribution in [2.75, 3.05) is 11.9 Å². The highest BCUT2D eigenvalue weighted by Crippen LogP contribution is 2.36. The van der Waals surface area contributed by atoms with Crippen molar-refractivity contribution in [2.24, 2.45) is 0 Å². The summed E-state index contributed by atoms with van der Waals surface area (Å²) in [5, 5.41) is 13.6. The molecular formula is C20H20N2O3S. The van der Waals surface area contributed by atoms with Crippen molar-refractivity contribution >= 4 is 28.2 Å². The Morgan fingerprint density at radius 1 is 1.27 bits per heavy atom. The Labute approximate surface area is 156 Å². The van der Waals surface area contributed by atoms with Crippen LogP contribution in [0.3, 0.4) is 0 Å². The molecular weight excluding hydrogens is 348 g/mol. The smallest absolute Gasteiger partial charge is 0.341 e. The Balaban J connectivity index is 2.32. The van der Waals surface area contributed by atoms with Gasteiger partial charge in [0.25, 0.3) is 0 Å². The zero-order valence-corrected chi connectivity index (χ0v) is 15.6. The molecule has 0 saturated heterocycles. The molecule has 5 nitrogen and oxygen atoms in total. The Bertz CT molecular complexity index is 844. The lowest BCUT2D eigenvalue weighted by Gasteiger charge is -2.09. The summed E-state index contributed by atoms with van der Waals surface area (Å²) in [5.41, 5.74) is 2.79. The normalized spacial score (nSPS) is 9.88. The van der Waals surface area contributed by atoms with Crippen molar-refractivity contribution in [3.63, 3.8) is 0 Å². The third-order valence-corrected chi connectivity index (χ3v) is 4.30. The van der Waals surface area contributed by atoms with E-state index < -0.39 is 5.97 Å². The maximum Gasteiger partial charge on any atom is 0.341 e. The fourth-order valence-electron chi connectivity index (χ4n) is 2.28. The van der Waals surface area contributed by atoms with Crippen LogP contribution in [0, 0.1) is 11.3 Å². The van der Waals surface area contributed by atoms with Crippen LogP contribution in [-0.4, -0.2) is 18.5 Å². The van der Waals surface area contributed by atoms with Gasteiger partial charge in [0.15, 0.2) is 0 Å². The number of benzene rings is 1. The standard InChI is InChI=1S/C20H20N2O3S/c1-14(2)12-17(23)22-19-18(20(24)25-11-7-6-10-21)16(13-26-19)15-8-4-3-5-9-15/h3-5,8-9,12-13H,6-7,11H2,1-2H3,(H,22,23). The summed E-state index contributed by atoms with van der Waals surface area (Å²) < 4.78 is 5.30. The molecule has 0 aliphatic rings. The molecule has 6 heteroatoms. The molecule has 1 amide bonds. The minimum atomic E-state index is -0.504. The number of nitrogens with zero attached hydrogens (tertiary/aromatic N) is 1. The van der Waals surface area contributed by atoms with Gasteiger partial charge in [0.1, 0.15) is 10.6 Å². The number of allylic oxidation sites excluding steroid dienone is 1. The van der Waals surface area contributed by atoms with Crippen LogP contribution in [0.1, 0.15) is 37.0 Å². The molecule has 0 unspecified atom stereocenters. The second-order valence-electron chi connectivity index (χ2n) is 5.83. The van der Waals surface area contributed by atoms with E-state index in [0.717, 1.165) is 11.1 Å². The molecule has 134 valence electrons. The highest BCUT2D eigenvalue weighted by Gasteiger charge is 2.22. The highest BCUT2D eigenvalue weighted by atomic mass is 32.1. The van der Waals surface area contributed by atoms with Crippen molar-refractivity contribution in [3.05, 3.63) is 52.9 Å². The zero-order chi connectivity index (χ0) is 18.9. The van der Waals surface area contributed by atoms with E-state index in [9.17, 15) is 9.59 Å². The Morgan fingerprint density at radius 2 is 2.00 bits per heavy atom. The molecule has 1 aromatic carbocycles. The van der Waals surface area contributed by atoms with Crippen LogP contribution >= 0.6 is 11.3 Å². The van der Waals surface area contributed by atoms with Gasteiger partial charge < -0.3 is 10.1 Å². The molecule has 2 aromatic rings. The van der Waals surface area contributed by atoms with Gasteiger partial charge in [-0.15, -0.1) is 11.3 Å². The van der Waals surface area contributed by atoms with Crippen molar-refractivity contribution < 1.29 is 14.3 Å². The topological polar surface area (TPSA) is 79.2 Å². The first-order valence-electron chi connectivity index (χ1n) is 8.19. The molecule has 1 heterocycles. The fourth-order valence-corrected chi connectivity index (χ4v) is 3.24. The number of rotatable bonds is 7. The monoisotopic (exact) mass is 368 g/mol. The molecule has 26 heavy (non-hydrogen) atoms. The minimum Gasteiger partial charge on any atom is -0.462 e. The van der Waals surface area contributed by atoms with Gasteiger partial charge >= 0.3 is 5.97 Å². The van der Waals surface area contributed by atoms with Crippen LogP contribution in [-0.2, 0) is 9.53 Å². The van der Waals surface area contributed by atoms with E-state index >= 15 is 0 Å². The zero-order valence-electron chi connectivity index (χ0n) is 14.7. The third kappa shape index (κ3) is 5.30. The Hall–Kier alpha value is -2.91. The first-order valence-corrected chi connectivity index (χ1v) is 9.07. The first kappa shape index (κ1) is 19.4. The van der Waals surface area contributed by atoms with Crippen LogP contribution in [0.2, 0.25) is 0 Å². The van der Waals surface area contributed by atoms with E-state index in [0.29, 0.717) is 29.0 Å². The second kappa shape index (κ2) is 9.54. The minimum absolute atomic E-state index is 0.165. The Morgan fingerprint density at radius 3 is 2.65 bits per heavy atom. The van der Waals surface area contributed by atoms with Gasteiger partial charge in [0.2, 0.25) is 5.91 Å². The number of carbonyl (C=O) groups excluding carboxylic acids is 2. The molecule has 0 bridgehead atoms. The van der Waals surface area contributed by atoms with Crippen LogP contribution < -0.4 is 5.32 Å². The predicted molar refractivity (Wildman–Crippen MR) is 103 cm³/mol. The van der Waals surface area contributed by atoms with E-state index in [1.165, 1.54) is 17.4 Å². The Kier molecular flexibility index (Phi) is 7.12. The molecule has 0 radical (unpaired) electrons. The molecule has 0 spiro atoms. The highest BCUT2D eigenvalue weighted by molar-refractivity contribution is 7.15. The molecule has 0 fully saturated rings. The van der Waals surface area contributed by atoms with Gasteiger partial charge in [0, 0.05) is 23.4 Å². The van der Waals surface area contributed by atoms with E-state index in [1.807, 2.05) is 55.6 Å². The summed E-state index contributed by atoms with van der Waals surface area (Å²) in [6.07, 6.45) is 2.28. The SMILES string of the molecule is CC(C)=CC(=O)Nc1scc(-c2ccccc2)c1C(=O)OCCCC#N. The summed E-state index contributed by atoms with van der Waals surface area (Å²) in [6, 6.07) is 11.5. The number of nitriles is 1. The number of hydrogen-bond donors (Lipinski definition) is 1. The second-order valence-corrected chi connectivity index (χ2v) is 6.71. The van der Waals surface area contributed by atoms with E-state index in [-0.39, 0.29) is 12.5 Å². The molecule has 0 aliphatic carbocycles. The number of carbonyl (C=O) groups is 2.